The molecule has 0 aliphatic carbocycles. The molecular weight excluding hydrogens is 513 g/mol. The number of carbonyl (C=O) groups is 2. The number of anilines is 1. The number of carboxylic acid groups (broad SMARTS) is 1. The van der Waals surface area contributed by atoms with E-state index in [9.17, 15) is 19.1 Å². The van der Waals surface area contributed by atoms with E-state index in [1.807, 2.05) is 31.2 Å². The average molecular weight is 542 g/mol. The van der Waals surface area contributed by atoms with Crippen LogP contribution in [0.4, 0.5) is 10.3 Å². The van der Waals surface area contributed by atoms with Crippen molar-refractivity contribution in [3.05, 3.63) is 101 Å². The van der Waals surface area contributed by atoms with Crippen LogP contribution in [0.3, 0.4) is 0 Å². The SMILES string of the molecule is CCc1cc(F)cc(C)c1C(=O)NC(Cc1ccc(-c2ncc(CNc3nc4ccccc4[nH]3)o2)cc1)C(=O)O. The summed E-state index contributed by atoms with van der Waals surface area (Å²) >= 11 is 0. The number of aromatic nitrogens is 3. The number of H-pyrrole nitrogens is 1. The molecule has 0 saturated heterocycles. The van der Waals surface area contributed by atoms with Crippen LogP contribution in [0, 0.1) is 12.7 Å². The molecule has 1 atom stereocenters. The van der Waals surface area contributed by atoms with Crippen molar-refractivity contribution in [1.82, 2.24) is 20.3 Å². The van der Waals surface area contributed by atoms with Gasteiger partial charge in [0, 0.05) is 17.5 Å². The Labute approximate surface area is 229 Å². The number of hydrogen-bond donors (Lipinski definition) is 4. The topological polar surface area (TPSA) is 133 Å². The van der Waals surface area contributed by atoms with Gasteiger partial charge in [-0.3, -0.25) is 4.79 Å². The number of para-hydroxylation sites is 2. The van der Waals surface area contributed by atoms with E-state index in [4.69, 9.17) is 4.42 Å². The lowest BCUT2D eigenvalue weighted by molar-refractivity contribution is -0.139. The van der Waals surface area contributed by atoms with Crippen LogP contribution in [0.25, 0.3) is 22.5 Å². The van der Waals surface area contributed by atoms with Crippen LogP contribution >= 0.6 is 0 Å². The van der Waals surface area contributed by atoms with Gasteiger partial charge in [-0.1, -0.05) is 31.2 Å². The fourth-order valence-electron chi connectivity index (χ4n) is 4.60. The molecule has 0 bridgehead atoms. The van der Waals surface area contributed by atoms with E-state index >= 15 is 0 Å². The molecule has 1 amide bonds. The number of halogens is 1. The van der Waals surface area contributed by atoms with E-state index in [2.05, 4.69) is 25.6 Å². The summed E-state index contributed by atoms with van der Waals surface area (Å²) in [4.78, 5) is 36.9. The summed E-state index contributed by atoms with van der Waals surface area (Å²) in [6, 6.07) is 16.3. The summed E-state index contributed by atoms with van der Waals surface area (Å²) in [5.41, 5.74) is 4.53. The first-order chi connectivity index (χ1) is 19.3. The Bertz CT molecular complexity index is 1640. The summed E-state index contributed by atoms with van der Waals surface area (Å²) in [7, 11) is 0. The van der Waals surface area contributed by atoms with Gasteiger partial charge in [-0.2, -0.15) is 0 Å². The lowest BCUT2D eigenvalue weighted by atomic mass is 9.98. The van der Waals surface area contributed by atoms with Gasteiger partial charge in [0.25, 0.3) is 5.91 Å². The molecule has 4 N–H and O–H groups in total. The molecule has 0 spiro atoms. The molecule has 0 aliphatic rings. The fraction of sp³-hybridized carbons (Fsp3) is 0.200. The molecule has 0 fully saturated rings. The maximum Gasteiger partial charge on any atom is 0.326 e. The summed E-state index contributed by atoms with van der Waals surface area (Å²) in [5, 5.41) is 15.6. The molecule has 2 aromatic heterocycles. The molecule has 10 heteroatoms. The monoisotopic (exact) mass is 541 g/mol. The number of nitrogens with one attached hydrogen (secondary N) is 3. The van der Waals surface area contributed by atoms with Crippen molar-refractivity contribution >= 4 is 28.9 Å². The number of fused-ring (bicyclic) bond motifs is 1. The van der Waals surface area contributed by atoms with Gasteiger partial charge in [-0.05, 0) is 66.4 Å². The summed E-state index contributed by atoms with van der Waals surface area (Å²) in [5.74, 6) is -0.456. The van der Waals surface area contributed by atoms with E-state index in [1.54, 1.807) is 37.4 Å². The lowest BCUT2D eigenvalue weighted by Crippen LogP contribution is -2.42. The first-order valence-corrected chi connectivity index (χ1v) is 12.9. The first kappa shape index (κ1) is 26.6. The third kappa shape index (κ3) is 5.85. The number of benzene rings is 3. The Morgan fingerprint density at radius 2 is 1.90 bits per heavy atom. The van der Waals surface area contributed by atoms with Crippen LogP contribution in [0.1, 0.15) is 39.7 Å². The second kappa shape index (κ2) is 11.4. The molecular formula is C30H28FN5O4. The van der Waals surface area contributed by atoms with Gasteiger partial charge < -0.3 is 25.1 Å². The van der Waals surface area contributed by atoms with E-state index in [0.29, 0.717) is 52.8 Å². The molecule has 204 valence electrons. The lowest BCUT2D eigenvalue weighted by Gasteiger charge is -2.17. The molecule has 40 heavy (non-hydrogen) atoms. The Hall–Kier alpha value is -4.99. The van der Waals surface area contributed by atoms with Crippen LogP contribution in [0.5, 0.6) is 0 Å². The minimum Gasteiger partial charge on any atom is -0.480 e. The number of aromatic amines is 1. The third-order valence-electron chi connectivity index (χ3n) is 6.61. The van der Waals surface area contributed by atoms with Crippen molar-refractivity contribution in [3.8, 4) is 11.5 Å². The van der Waals surface area contributed by atoms with Crippen LogP contribution in [-0.4, -0.2) is 38.0 Å². The van der Waals surface area contributed by atoms with Crippen LogP contribution < -0.4 is 10.6 Å². The molecule has 0 saturated carbocycles. The number of imidazole rings is 1. The highest BCUT2D eigenvalue weighted by Crippen LogP contribution is 2.22. The number of oxazole rings is 1. The molecule has 1 unspecified atom stereocenters. The average Bonchev–Trinajstić information content (AvgIpc) is 3.58. The largest absolute Gasteiger partial charge is 0.480 e. The Balaban J connectivity index is 1.22. The summed E-state index contributed by atoms with van der Waals surface area (Å²) in [6.07, 6.45) is 2.15. The Morgan fingerprint density at radius 1 is 1.12 bits per heavy atom. The number of carboxylic acids is 1. The number of nitrogens with zero attached hydrogens (tertiary/aromatic N) is 2. The fourth-order valence-corrected chi connectivity index (χ4v) is 4.60. The second-order valence-electron chi connectivity index (χ2n) is 9.46. The van der Waals surface area contributed by atoms with Gasteiger partial charge in [0.15, 0.2) is 0 Å². The van der Waals surface area contributed by atoms with Crippen molar-refractivity contribution in [2.24, 2.45) is 0 Å². The minimum atomic E-state index is -1.16. The van der Waals surface area contributed by atoms with Gasteiger partial charge in [0.1, 0.15) is 17.6 Å². The zero-order valence-corrected chi connectivity index (χ0v) is 22.0. The Kier molecular flexibility index (Phi) is 7.59. The molecule has 5 rings (SSSR count). The standard InChI is InChI=1S/C30H28FN5O4/c1-3-19-14-21(31)12-17(2)26(19)27(37)34-25(29(38)39)13-18-8-10-20(11-9-18)28-32-15-22(40-28)16-33-30-35-23-6-4-5-7-24(23)36-30/h4-12,14-15,25H,3,13,16H2,1-2H3,(H,34,37)(H,38,39)(H2,33,35,36). The number of hydrogen-bond acceptors (Lipinski definition) is 6. The maximum atomic E-state index is 13.8. The number of aliphatic carboxylic acids is 1. The molecule has 0 radical (unpaired) electrons. The van der Waals surface area contributed by atoms with E-state index in [1.165, 1.54) is 12.1 Å². The summed E-state index contributed by atoms with van der Waals surface area (Å²) in [6.45, 7) is 3.84. The van der Waals surface area contributed by atoms with Crippen molar-refractivity contribution in [2.75, 3.05) is 5.32 Å². The van der Waals surface area contributed by atoms with E-state index in [-0.39, 0.29) is 6.42 Å². The molecule has 3 aromatic carbocycles. The smallest absolute Gasteiger partial charge is 0.326 e. The predicted octanol–water partition coefficient (Wildman–Crippen LogP) is 5.27. The number of carbonyl (C=O) groups excluding carboxylic acids is 1. The maximum absolute atomic E-state index is 13.8. The van der Waals surface area contributed by atoms with Crippen molar-refractivity contribution in [2.45, 2.75) is 39.3 Å². The molecule has 2 heterocycles. The second-order valence-corrected chi connectivity index (χ2v) is 9.46. The van der Waals surface area contributed by atoms with E-state index in [0.717, 1.165) is 16.6 Å². The number of amides is 1. The van der Waals surface area contributed by atoms with Gasteiger partial charge >= 0.3 is 5.97 Å². The van der Waals surface area contributed by atoms with Crippen molar-refractivity contribution in [1.29, 1.82) is 0 Å². The molecule has 0 aliphatic heterocycles. The highest BCUT2D eigenvalue weighted by atomic mass is 19.1. The summed E-state index contributed by atoms with van der Waals surface area (Å²) < 4.78 is 19.7. The van der Waals surface area contributed by atoms with Crippen molar-refractivity contribution < 1.29 is 23.5 Å². The van der Waals surface area contributed by atoms with Gasteiger partial charge in [0.2, 0.25) is 11.8 Å². The van der Waals surface area contributed by atoms with Gasteiger partial charge in [0.05, 0.1) is 23.8 Å². The van der Waals surface area contributed by atoms with Gasteiger partial charge in [-0.15, -0.1) is 0 Å². The zero-order valence-electron chi connectivity index (χ0n) is 22.0. The number of rotatable bonds is 10. The normalized spacial score (nSPS) is 11.9. The van der Waals surface area contributed by atoms with E-state index < -0.39 is 23.7 Å². The first-order valence-electron chi connectivity index (χ1n) is 12.9. The highest BCUT2D eigenvalue weighted by molar-refractivity contribution is 5.99. The van der Waals surface area contributed by atoms with Crippen LogP contribution in [-0.2, 0) is 24.2 Å². The predicted molar refractivity (Wildman–Crippen MR) is 148 cm³/mol. The third-order valence-corrected chi connectivity index (χ3v) is 6.61. The Morgan fingerprint density at radius 3 is 2.62 bits per heavy atom. The molecule has 5 aromatic rings. The quantitative estimate of drug-likeness (QED) is 0.189. The van der Waals surface area contributed by atoms with Crippen LogP contribution in [0.15, 0.2) is 71.3 Å². The number of aryl methyl sites for hydroxylation is 2. The van der Waals surface area contributed by atoms with Crippen molar-refractivity contribution in [3.63, 3.8) is 0 Å². The molecule has 9 nitrogen and oxygen atoms in total. The van der Waals surface area contributed by atoms with Crippen LogP contribution in [0.2, 0.25) is 0 Å². The zero-order chi connectivity index (χ0) is 28.2. The highest BCUT2D eigenvalue weighted by Gasteiger charge is 2.24. The minimum absolute atomic E-state index is 0.0707. The van der Waals surface area contributed by atoms with Gasteiger partial charge in [-0.25, -0.2) is 19.2 Å².